The van der Waals surface area contributed by atoms with E-state index in [2.05, 4.69) is 5.16 Å². The summed E-state index contributed by atoms with van der Waals surface area (Å²) in [5.74, 6) is 0.354. The lowest BCUT2D eigenvalue weighted by Crippen LogP contribution is -2.15. The van der Waals surface area contributed by atoms with Gasteiger partial charge < -0.3 is 14.0 Å². The Hall–Kier alpha value is -3.87. The normalized spacial score (nSPS) is 10.7. The number of hydrogen-bond donors (Lipinski definition) is 0. The molecule has 0 radical (unpaired) electrons. The van der Waals surface area contributed by atoms with Crippen molar-refractivity contribution in [2.24, 2.45) is 0 Å². The molecule has 4 aromatic rings. The van der Waals surface area contributed by atoms with E-state index in [0.29, 0.717) is 5.76 Å². The molecule has 4 rings (SSSR count). The molecule has 0 amide bonds. The Labute approximate surface area is 167 Å². The lowest BCUT2D eigenvalue weighted by molar-refractivity contribution is -0.147. The molecule has 0 bridgehead atoms. The largest absolute Gasteiger partial charge is 0.463 e. The number of nitrogens with zero attached hydrogens (tertiary/aromatic N) is 3. The molecular formula is C22H19N3O4. The maximum absolute atomic E-state index is 12.1. The van der Waals surface area contributed by atoms with Crippen LogP contribution in [0, 0.1) is 6.92 Å². The van der Waals surface area contributed by atoms with Gasteiger partial charge in [0.1, 0.15) is 12.4 Å². The average molecular weight is 389 g/mol. The summed E-state index contributed by atoms with van der Waals surface area (Å²) in [5, 5.41) is 8.38. The van der Waals surface area contributed by atoms with Crippen LogP contribution in [0.15, 0.2) is 77.4 Å². The van der Waals surface area contributed by atoms with Gasteiger partial charge in [-0.3, -0.25) is 0 Å². The summed E-state index contributed by atoms with van der Waals surface area (Å²) < 4.78 is 17.3. The molecule has 0 saturated heterocycles. The Kier molecular flexibility index (Phi) is 5.38. The summed E-state index contributed by atoms with van der Waals surface area (Å²) in [5.41, 5.74) is 3.43. The molecule has 0 N–H and O–H groups in total. The Morgan fingerprint density at radius 1 is 1.07 bits per heavy atom. The van der Waals surface area contributed by atoms with Crippen molar-refractivity contribution >= 4 is 5.97 Å². The van der Waals surface area contributed by atoms with Crippen molar-refractivity contribution < 1.29 is 18.8 Å². The summed E-state index contributed by atoms with van der Waals surface area (Å²) in [4.78, 5) is 12.1. The molecule has 0 aliphatic carbocycles. The second kappa shape index (κ2) is 8.43. The lowest BCUT2D eigenvalue weighted by Gasteiger charge is -2.05. The molecule has 2 aromatic carbocycles. The minimum absolute atomic E-state index is 0.0805. The van der Waals surface area contributed by atoms with Crippen LogP contribution in [0.25, 0.3) is 16.9 Å². The van der Waals surface area contributed by atoms with E-state index in [1.54, 1.807) is 17.7 Å². The van der Waals surface area contributed by atoms with Gasteiger partial charge in [0.15, 0.2) is 6.61 Å². The molecule has 0 aliphatic rings. The molecule has 146 valence electrons. The minimum Gasteiger partial charge on any atom is -0.463 e. The van der Waals surface area contributed by atoms with Crippen molar-refractivity contribution in [3.05, 3.63) is 84.3 Å². The first-order chi connectivity index (χ1) is 14.2. The van der Waals surface area contributed by atoms with E-state index < -0.39 is 5.97 Å². The SMILES string of the molecule is Cc1cc(OCC(=O)OCc2cn(-c3ccccc3)nc2-c2ccccc2)no1. The molecule has 0 saturated carbocycles. The summed E-state index contributed by atoms with van der Waals surface area (Å²) >= 11 is 0. The van der Waals surface area contributed by atoms with Gasteiger partial charge in [-0.25, -0.2) is 9.48 Å². The summed E-state index contributed by atoms with van der Waals surface area (Å²) in [7, 11) is 0. The summed E-state index contributed by atoms with van der Waals surface area (Å²) in [6.45, 7) is 1.57. The molecule has 29 heavy (non-hydrogen) atoms. The highest BCUT2D eigenvalue weighted by Crippen LogP contribution is 2.24. The predicted octanol–water partition coefficient (Wildman–Crippen LogP) is 3.96. The Balaban J connectivity index is 1.49. The van der Waals surface area contributed by atoms with Crippen LogP contribution in [0.4, 0.5) is 0 Å². The van der Waals surface area contributed by atoms with E-state index >= 15 is 0 Å². The number of aryl methyl sites for hydroxylation is 1. The molecule has 0 aliphatic heterocycles. The van der Waals surface area contributed by atoms with E-state index in [-0.39, 0.29) is 19.1 Å². The van der Waals surface area contributed by atoms with Crippen LogP contribution < -0.4 is 4.74 Å². The quantitative estimate of drug-likeness (QED) is 0.445. The van der Waals surface area contributed by atoms with Crippen molar-refractivity contribution in [1.29, 1.82) is 0 Å². The predicted molar refractivity (Wildman–Crippen MR) is 106 cm³/mol. The first kappa shape index (κ1) is 18.5. The average Bonchev–Trinajstić information content (AvgIpc) is 3.38. The molecule has 0 fully saturated rings. The molecule has 7 nitrogen and oxygen atoms in total. The first-order valence-electron chi connectivity index (χ1n) is 9.10. The summed E-state index contributed by atoms with van der Waals surface area (Å²) in [6.07, 6.45) is 1.87. The van der Waals surface area contributed by atoms with Crippen LogP contribution in [-0.4, -0.2) is 27.5 Å². The second-order valence-electron chi connectivity index (χ2n) is 6.37. The van der Waals surface area contributed by atoms with Crippen LogP contribution in [-0.2, 0) is 16.1 Å². The van der Waals surface area contributed by atoms with E-state index in [0.717, 1.165) is 22.5 Å². The summed E-state index contributed by atoms with van der Waals surface area (Å²) in [6, 6.07) is 21.1. The number of para-hydroxylation sites is 1. The van der Waals surface area contributed by atoms with Gasteiger partial charge in [0.05, 0.1) is 11.4 Å². The van der Waals surface area contributed by atoms with Crippen LogP contribution in [0.5, 0.6) is 5.88 Å². The Bertz CT molecular complexity index is 1090. The zero-order chi connectivity index (χ0) is 20.1. The number of aromatic nitrogens is 3. The fourth-order valence-corrected chi connectivity index (χ4v) is 2.81. The first-order valence-corrected chi connectivity index (χ1v) is 9.10. The smallest absolute Gasteiger partial charge is 0.344 e. The van der Waals surface area contributed by atoms with Gasteiger partial charge in [0, 0.05) is 23.4 Å². The zero-order valence-electron chi connectivity index (χ0n) is 15.8. The molecule has 0 atom stereocenters. The highest BCUT2D eigenvalue weighted by atomic mass is 16.6. The molecular weight excluding hydrogens is 370 g/mol. The standard InChI is InChI=1S/C22H19N3O4/c1-16-12-20(24-29-16)27-15-21(26)28-14-18-13-25(19-10-6-3-7-11-19)23-22(18)17-8-4-2-5-9-17/h2-13H,14-15H2,1H3. The van der Waals surface area contributed by atoms with Gasteiger partial charge in [0.25, 0.3) is 5.88 Å². The van der Waals surface area contributed by atoms with Crippen molar-refractivity contribution in [3.8, 4) is 22.8 Å². The third-order valence-corrected chi connectivity index (χ3v) is 4.19. The van der Waals surface area contributed by atoms with Crippen LogP contribution in [0.1, 0.15) is 11.3 Å². The molecule has 2 aromatic heterocycles. The lowest BCUT2D eigenvalue weighted by atomic mass is 10.1. The number of hydrogen-bond acceptors (Lipinski definition) is 6. The van der Waals surface area contributed by atoms with Crippen molar-refractivity contribution in [2.75, 3.05) is 6.61 Å². The molecule has 7 heteroatoms. The number of benzene rings is 2. The van der Waals surface area contributed by atoms with Crippen LogP contribution in [0.3, 0.4) is 0 Å². The van der Waals surface area contributed by atoms with E-state index in [9.17, 15) is 4.79 Å². The molecule has 0 unspecified atom stereocenters. The van der Waals surface area contributed by atoms with Crippen molar-refractivity contribution in [3.63, 3.8) is 0 Å². The van der Waals surface area contributed by atoms with Crippen LogP contribution >= 0.6 is 0 Å². The van der Waals surface area contributed by atoms with E-state index in [1.807, 2.05) is 66.9 Å². The minimum atomic E-state index is -0.503. The third kappa shape index (κ3) is 4.52. The number of esters is 1. The highest BCUT2D eigenvalue weighted by molar-refractivity contribution is 5.71. The zero-order valence-corrected chi connectivity index (χ0v) is 15.8. The number of carbonyl (C=O) groups excluding carboxylic acids is 1. The monoisotopic (exact) mass is 389 g/mol. The molecule has 0 spiro atoms. The van der Waals surface area contributed by atoms with Crippen molar-refractivity contribution in [1.82, 2.24) is 14.9 Å². The van der Waals surface area contributed by atoms with Gasteiger partial charge in [-0.05, 0) is 24.2 Å². The van der Waals surface area contributed by atoms with E-state index in [1.165, 1.54) is 0 Å². The maximum Gasteiger partial charge on any atom is 0.344 e. The van der Waals surface area contributed by atoms with Crippen molar-refractivity contribution in [2.45, 2.75) is 13.5 Å². The number of ether oxygens (including phenoxy) is 2. The van der Waals surface area contributed by atoms with Gasteiger partial charge >= 0.3 is 5.97 Å². The third-order valence-electron chi connectivity index (χ3n) is 4.19. The van der Waals surface area contributed by atoms with Gasteiger partial charge in [-0.2, -0.15) is 5.10 Å². The fourth-order valence-electron chi connectivity index (χ4n) is 2.81. The van der Waals surface area contributed by atoms with E-state index in [4.69, 9.17) is 19.1 Å². The Morgan fingerprint density at radius 3 is 2.48 bits per heavy atom. The Morgan fingerprint density at radius 2 is 1.79 bits per heavy atom. The topological polar surface area (TPSA) is 79.4 Å². The van der Waals surface area contributed by atoms with Gasteiger partial charge in [0.2, 0.25) is 0 Å². The number of carbonyl (C=O) groups is 1. The molecule has 2 heterocycles. The number of rotatable bonds is 7. The van der Waals surface area contributed by atoms with Crippen LogP contribution in [0.2, 0.25) is 0 Å². The second-order valence-corrected chi connectivity index (χ2v) is 6.37. The van der Waals surface area contributed by atoms with Gasteiger partial charge in [-0.1, -0.05) is 48.5 Å². The van der Waals surface area contributed by atoms with Gasteiger partial charge in [-0.15, -0.1) is 0 Å². The highest BCUT2D eigenvalue weighted by Gasteiger charge is 2.15. The maximum atomic E-state index is 12.1. The fraction of sp³-hybridized carbons (Fsp3) is 0.136.